The molecule has 0 saturated carbocycles. The highest BCUT2D eigenvalue weighted by molar-refractivity contribution is 7.80. The van der Waals surface area contributed by atoms with Crippen molar-refractivity contribution in [2.75, 3.05) is 12.3 Å². The molecule has 20 heavy (non-hydrogen) atoms. The Bertz CT molecular complexity index is 305. The van der Waals surface area contributed by atoms with Crippen LogP contribution in [0.3, 0.4) is 0 Å². The summed E-state index contributed by atoms with van der Waals surface area (Å²) in [6.07, 6.45) is 9.88. The first-order chi connectivity index (χ1) is 9.61. The van der Waals surface area contributed by atoms with Gasteiger partial charge in [-0.15, -0.1) is 0 Å². The van der Waals surface area contributed by atoms with Gasteiger partial charge in [0.2, 0.25) is 5.91 Å². The number of hydrogen-bond acceptors (Lipinski definition) is 3. The zero-order chi connectivity index (χ0) is 15.2. The molecule has 0 aliphatic heterocycles. The van der Waals surface area contributed by atoms with E-state index in [9.17, 15) is 9.59 Å². The molecule has 0 aliphatic carbocycles. The van der Waals surface area contributed by atoms with E-state index in [2.05, 4.69) is 24.9 Å². The second-order valence-corrected chi connectivity index (χ2v) is 5.30. The molecule has 0 aromatic heterocycles. The van der Waals surface area contributed by atoms with Gasteiger partial charge in [0.05, 0.1) is 12.3 Å². The van der Waals surface area contributed by atoms with E-state index in [1.165, 1.54) is 19.3 Å². The third-order valence-corrected chi connectivity index (χ3v) is 3.27. The number of carboxylic acids is 1. The number of allylic oxidation sites excluding steroid dienone is 1. The predicted octanol–water partition coefficient (Wildman–Crippen LogP) is 3.04. The number of aliphatic carboxylic acids is 1. The number of carboxylic acid groups (broad SMARTS) is 1. The zero-order valence-electron chi connectivity index (χ0n) is 12.3. The number of rotatable bonds is 12. The third-order valence-electron chi connectivity index (χ3n) is 2.96. The molecule has 2 N–H and O–H groups in total. The molecular formula is C15H27NO3S. The average Bonchev–Trinajstić information content (AvgIpc) is 2.41. The number of nitrogens with one attached hydrogen (secondary N) is 1. The number of hydrogen-bond donors (Lipinski definition) is 3. The lowest BCUT2D eigenvalue weighted by Gasteiger charge is -2.11. The maximum Gasteiger partial charge on any atom is 0.304 e. The fourth-order valence-electron chi connectivity index (χ4n) is 1.81. The van der Waals surface area contributed by atoms with Crippen molar-refractivity contribution in [2.45, 2.75) is 51.9 Å². The van der Waals surface area contributed by atoms with Crippen molar-refractivity contribution >= 4 is 24.5 Å². The Morgan fingerprint density at radius 1 is 1.25 bits per heavy atom. The normalized spacial score (nSPS) is 12.5. The van der Waals surface area contributed by atoms with Gasteiger partial charge in [0.25, 0.3) is 0 Å². The van der Waals surface area contributed by atoms with Gasteiger partial charge in [-0.05, 0) is 25.0 Å². The van der Waals surface area contributed by atoms with Crippen molar-refractivity contribution < 1.29 is 14.7 Å². The smallest absolute Gasteiger partial charge is 0.304 e. The van der Waals surface area contributed by atoms with E-state index < -0.39 is 11.9 Å². The van der Waals surface area contributed by atoms with Gasteiger partial charge in [-0.2, -0.15) is 12.6 Å². The maximum absolute atomic E-state index is 11.9. The molecule has 4 nitrogen and oxygen atoms in total. The molecule has 0 bridgehead atoms. The molecule has 116 valence electrons. The molecule has 0 radical (unpaired) electrons. The molecule has 5 heteroatoms. The first-order valence-corrected chi connectivity index (χ1v) is 8.02. The van der Waals surface area contributed by atoms with E-state index in [-0.39, 0.29) is 12.3 Å². The fourth-order valence-corrected chi connectivity index (χ4v) is 1.97. The van der Waals surface area contributed by atoms with Crippen LogP contribution in [0.1, 0.15) is 51.9 Å². The number of thiol groups is 1. The Balaban J connectivity index is 4.15. The molecule has 1 unspecified atom stereocenters. The zero-order valence-corrected chi connectivity index (χ0v) is 13.2. The van der Waals surface area contributed by atoms with Gasteiger partial charge < -0.3 is 10.4 Å². The van der Waals surface area contributed by atoms with E-state index in [1.807, 2.05) is 6.08 Å². The monoisotopic (exact) mass is 301 g/mol. The maximum atomic E-state index is 11.9. The van der Waals surface area contributed by atoms with Crippen LogP contribution in [0, 0.1) is 5.92 Å². The first kappa shape index (κ1) is 19.0. The Morgan fingerprint density at radius 3 is 2.60 bits per heavy atom. The number of carbonyl (C=O) groups excluding carboxylic acids is 1. The molecule has 0 heterocycles. The van der Waals surface area contributed by atoms with Crippen LogP contribution in [0.5, 0.6) is 0 Å². The molecule has 0 aromatic rings. The minimum absolute atomic E-state index is 0.155. The van der Waals surface area contributed by atoms with Gasteiger partial charge in [-0.3, -0.25) is 9.59 Å². The second-order valence-electron chi connectivity index (χ2n) is 4.85. The SMILES string of the molecule is CCCCCCC=CC(CC(=O)O)C(=O)NCCCS. The largest absolute Gasteiger partial charge is 0.481 e. The summed E-state index contributed by atoms with van der Waals surface area (Å²) in [5.41, 5.74) is 0. The van der Waals surface area contributed by atoms with Crippen molar-refractivity contribution in [1.82, 2.24) is 5.32 Å². The fraction of sp³-hybridized carbons (Fsp3) is 0.733. The van der Waals surface area contributed by atoms with Crippen molar-refractivity contribution in [3.05, 3.63) is 12.2 Å². The molecule has 0 fully saturated rings. The van der Waals surface area contributed by atoms with Gasteiger partial charge in [-0.1, -0.05) is 38.3 Å². The summed E-state index contributed by atoms with van der Waals surface area (Å²) >= 11 is 4.07. The highest BCUT2D eigenvalue weighted by Gasteiger charge is 2.18. The van der Waals surface area contributed by atoms with Crippen molar-refractivity contribution in [3.8, 4) is 0 Å². The van der Waals surface area contributed by atoms with Crippen LogP contribution in [-0.4, -0.2) is 29.3 Å². The quantitative estimate of drug-likeness (QED) is 0.295. The van der Waals surface area contributed by atoms with Crippen LogP contribution in [0.4, 0.5) is 0 Å². The lowest BCUT2D eigenvalue weighted by Crippen LogP contribution is -2.32. The Morgan fingerprint density at radius 2 is 2.00 bits per heavy atom. The number of amides is 1. The minimum Gasteiger partial charge on any atom is -0.481 e. The topological polar surface area (TPSA) is 66.4 Å². The van der Waals surface area contributed by atoms with E-state index in [0.717, 1.165) is 19.3 Å². The van der Waals surface area contributed by atoms with Crippen molar-refractivity contribution in [3.63, 3.8) is 0 Å². The van der Waals surface area contributed by atoms with Crippen LogP contribution in [-0.2, 0) is 9.59 Å². The lowest BCUT2D eigenvalue weighted by molar-refractivity contribution is -0.140. The van der Waals surface area contributed by atoms with E-state index in [1.54, 1.807) is 6.08 Å². The molecule has 1 atom stereocenters. The Hall–Kier alpha value is -0.970. The number of carbonyl (C=O) groups is 2. The first-order valence-electron chi connectivity index (χ1n) is 7.38. The summed E-state index contributed by atoms with van der Waals surface area (Å²) in [6, 6.07) is 0. The van der Waals surface area contributed by atoms with Gasteiger partial charge in [0.1, 0.15) is 0 Å². The molecule has 0 spiro atoms. The summed E-state index contributed by atoms with van der Waals surface area (Å²) in [7, 11) is 0. The molecule has 0 saturated heterocycles. The van der Waals surface area contributed by atoms with Crippen LogP contribution < -0.4 is 5.32 Å². The van der Waals surface area contributed by atoms with Gasteiger partial charge in [0, 0.05) is 6.54 Å². The highest BCUT2D eigenvalue weighted by atomic mass is 32.1. The molecule has 0 rings (SSSR count). The number of unbranched alkanes of at least 4 members (excludes halogenated alkanes) is 4. The highest BCUT2D eigenvalue weighted by Crippen LogP contribution is 2.09. The molecule has 0 aromatic carbocycles. The summed E-state index contributed by atoms with van der Waals surface area (Å²) in [6.45, 7) is 2.71. The van der Waals surface area contributed by atoms with E-state index >= 15 is 0 Å². The summed E-state index contributed by atoms with van der Waals surface area (Å²) < 4.78 is 0. The molecule has 1 amide bonds. The average molecular weight is 301 g/mol. The Kier molecular flexibility index (Phi) is 12.4. The van der Waals surface area contributed by atoms with Gasteiger partial charge in [-0.25, -0.2) is 0 Å². The molecular weight excluding hydrogens is 274 g/mol. The standard InChI is InChI=1S/C15H27NO3S/c1-2-3-4-5-6-7-9-13(12-14(17)18)15(19)16-10-8-11-20/h7,9,13,20H,2-6,8,10-12H2,1H3,(H,16,19)(H,17,18). The lowest BCUT2D eigenvalue weighted by atomic mass is 10.0. The van der Waals surface area contributed by atoms with E-state index in [0.29, 0.717) is 12.3 Å². The summed E-state index contributed by atoms with van der Waals surface area (Å²) in [5.74, 6) is -1.02. The summed E-state index contributed by atoms with van der Waals surface area (Å²) in [4.78, 5) is 22.7. The predicted molar refractivity (Wildman–Crippen MR) is 85.1 cm³/mol. The van der Waals surface area contributed by atoms with Gasteiger partial charge >= 0.3 is 5.97 Å². The van der Waals surface area contributed by atoms with Crippen molar-refractivity contribution in [1.29, 1.82) is 0 Å². The van der Waals surface area contributed by atoms with E-state index in [4.69, 9.17) is 5.11 Å². The molecule has 0 aliphatic rings. The third kappa shape index (κ3) is 10.9. The van der Waals surface area contributed by atoms with Crippen LogP contribution in [0.15, 0.2) is 12.2 Å². The van der Waals surface area contributed by atoms with Crippen LogP contribution in [0.25, 0.3) is 0 Å². The van der Waals surface area contributed by atoms with Crippen molar-refractivity contribution in [2.24, 2.45) is 5.92 Å². The Labute approximate surface area is 127 Å². The minimum atomic E-state index is -0.949. The second kappa shape index (κ2) is 13.0. The summed E-state index contributed by atoms with van der Waals surface area (Å²) in [5, 5.41) is 11.6. The van der Waals surface area contributed by atoms with Crippen LogP contribution in [0.2, 0.25) is 0 Å². The van der Waals surface area contributed by atoms with Crippen LogP contribution >= 0.6 is 12.6 Å². The van der Waals surface area contributed by atoms with Gasteiger partial charge in [0.15, 0.2) is 0 Å².